The summed E-state index contributed by atoms with van der Waals surface area (Å²) >= 11 is 0. The van der Waals surface area contributed by atoms with Gasteiger partial charge in [0.1, 0.15) is 0 Å². The van der Waals surface area contributed by atoms with Crippen molar-refractivity contribution < 1.29 is 4.79 Å². The molecule has 2 heteroatoms. The van der Waals surface area contributed by atoms with Gasteiger partial charge >= 0.3 is 0 Å². The summed E-state index contributed by atoms with van der Waals surface area (Å²) in [6.07, 6.45) is 1.96. The molecule has 1 heterocycles. The van der Waals surface area contributed by atoms with Gasteiger partial charge in [-0.05, 0) is 37.0 Å². The number of rotatable bonds is 0. The second-order valence-electron chi connectivity index (χ2n) is 4.47. The molecule has 1 amide bonds. The summed E-state index contributed by atoms with van der Waals surface area (Å²) in [5.74, 6) is 0.377. The highest BCUT2D eigenvalue weighted by atomic mass is 16.2. The van der Waals surface area contributed by atoms with Crippen molar-refractivity contribution in [1.82, 2.24) is 0 Å². The average molecular weight is 203 g/mol. The van der Waals surface area contributed by atoms with Crippen molar-refractivity contribution in [2.75, 3.05) is 11.9 Å². The number of benzene rings is 1. The molecule has 0 spiro atoms. The molecule has 80 valence electrons. The Balaban J connectivity index is 2.48. The minimum atomic E-state index is 0.141. The van der Waals surface area contributed by atoms with Crippen LogP contribution >= 0.6 is 0 Å². The maximum Gasteiger partial charge on any atom is 0.229 e. The minimum Gasteiger partial charge on any atom is -0.315 e. The number of amides is 1. The zero-order chi connectivity index (χ0) is 11.0. The summed E-state index contributed by atoms with van der Waals surface area (Å²) in [6, 6.07) is 6.37. The van der Waals surface area contributed by atoms with Crippen LogP contribution in [0.1, 0.15) is 24.5 Å². The van der Waals surface area contributed by atoms with E-state index in [1.807, 2.05) is 14.0 Å². The van der Waals surface area contributed by atoms with Crippen molar-refractivity contribution in [2.24, 2.45) is 5.92 Å². The van der Waals surface area contributed by atoms with Crippen LogP contribution in [0.4, 0.5) is 5.69 Å². The SMILES string of the molecule is Cc1ccc2c(c1)N(C)C(=O)C(C)CC2. The molecule has 0 aliphatic carbocycles. The average Bonchev–Trinajstić information content (AvgIpc) is 2.32. The van der Waals surface area contributed by atoms with Crippen LogP contribution in [0.15, 0.2) is 18.2 Å². The monoisotopic (exact) mass is 203 g/mol. The maximum atomic E-state index is 11.9. The first kappa shape index (κ1) is 10.2. The van der Waals surface area contributed by atoms with Gasteiger partial charge in [-0.3, -0.25) is 4.79 Å². The highest BCUT2D eigenvalue weighted by molar-refractivity contribution is 5.95. The minimum absolute atomic E-state index is 0.141. The lowest BCUT2D eigenvalue weighted by atomic mass is 10.0. The number of aryl methyl sites for hydroxylation is 2. The van der Waals surface area contributed by atoms with Gasteiger partial charge in [0.05, 0.1) is 0 Å². The van der Waals surface area contributed by atoms with Crippen molar-refractivity contribution in [2.45, 2.75) is 26.7 Å². The molecule has 1 aliphatic heterocycles. The third-order valence-corrected chi connectivity index (χ3v) is 3.20. The van der Waals surface area contributed by atoms with Gasteiger partial charge in [0.25, 0.3) is 0 Å². The summed E-state index contributed by atoms with van der Waals surface area (Å²) < 4.78 is 0. The number of anilines is 1. The number of nitrogens with zero attached hydrogens (tertiary/aromatic N) is 1. The highest BCUT2D eigenvalue weighted by Gasteiger charge is 2.24. The molecule has 2 nitrogen and oxygen atoms in total. The van der Waals surface area contributed by atoms with Crippen LogP contribution in [0.25, 0.3) is 0 Å². The number of carbonyl (C=O) groups excluding carboxylic acids is 1. The third-order valence-electron chi connectivity index (χ3n) is 3.20. The second kappa shape index (κ2) is 3.69. The quantitative estimate of drug-likeness (QED) is 0.634. The Morgan fingerprint density at radius 1 is 1.40 bits per heavy atom. The molecule has 0 N–H and O–H groups in total. The van der Waals surface area contributed by atoms with Crippen LogP contribution < -0.4 is 4.90 Å². The molecule has 1 unspecified atom stereocenters. The lowest BCUT2D eigenvalue weighted by Gasteiger charge is -2.19. The van der Waals surface area contributed by atoms with Crippen molar-refractivity contribution in [3.05, 3.63) is 29.3 Å². The van der Waals surface area contributed by atoms with Gasteiger partial charge < -0.3 is 4.90 Å². The topological polar surface area (TPSA) is 20.3 Å². The Hall–Kier alpha value is -1.31. The maximum absolute atomic E-state index is 11.9. The van der Waals surface area contributed by atoms with Gasteiger partial charge in [-0.2, -0.15) is 0 Å². The molecule has 0 bridgehead atoms. The fourth-order valence-electron chi connectivity index (χ4n) is 2.14. The first-order chi connectivity index (χ1) is 7.09. The predicted molar refractivity (Wildman–Crippen MR) is 62.1 cm³/mol. The molecule has 1 aromatic carbocycles. The normalized spacial score (nSPS) is 21.1. The lowest BCUT2D eigenvalue weighted by molar-refractivity contribution is -0.121. The van der Waals surface area contributed by atoms with Gasteiger partial charge in [0.15, 0.2) is 0 Å². The number of carbonyl (C=O) groups is 1. The Morgan fingerprint density at radius 2 is 2.13 bits per heavy atom. The van der Waals surface area contributed by atoms with Crippen LogP contribution in [-0.2, 0) is 11.2 Å². The van der Waals surface area contributed by atoms with E-state index in [1.54, 1.807) is 4.90 Å². The van der Waals surface area contributed by atoms with Gasteiger partial charge in [-0.1, -0.05) is 19.1 Å². The molecule has 1 aromatic rings. The van der Waals surface area contributed by atoms with E-state index in [0.717, 1.165) is 18.5 Å². The van der Waals surface area contributed by atoms with E-state index in [-0.39, 0.29) is 11.8 Å². The molecular formula is C13H17NO. The molecule has 15 heavy (non-hydrogen) atoms. The zero-order valence-corrected chi connectivity index (χ0v) is 9.58. The van der Waals surface area contributed by atoms with Crippen LogP contribution in [-0.4, -0.2) is 13.0 Å². The summed E-state index contributed by atoms with van der Waals surface area (Å²) in [4.78, 5) is 13.8. The molecule has 0 aromatic heterocycles. The smallest absolute Gasteiger partial charge is 0.229 e. The van der Waals surface area contributed by atoms with Gasteiger partial charge in [-0.15, -0.1) is 0 Å². The Bertz CT molecular complexity index is 398. The van der Waals surface area contributed by atoms with Crippen LogP contribution in [0.5, 0.6) is 0 Å². The van der Waals surface area contributed by atoms with E-state index in [2.05, 4.69) is 25.1 Å². The molecule has 0 saturated carbocycles. The Labute approximate surface area is 90.9 Å². The van der Waals surface area contributed by atoms with Crippen molar-refractivity contribution in [1.29, 1.82) is 0 Å². The standard InChI is InChI=1S/C13H17NO/c1-9-4-6-11-7-5-10(2)13(15)14(3)12(11)8-9/h4,6,8,10H,5,7H2,1-3H3. The van der Waals surface area contributed by atoms with Gasteiger partial charge in [0.2, 0.25) is 5.91 Å². The fraction of sp³-hybridized carbons (Fsp3) is 0.462. The molecule has 1 aliphatic rings. The van der Waals surface area contributed by atoms with E-state index in [0.29, 0.717) is 0 Å². The predicted octanol–water partition coefficient (Wildman–Crippen LogP) is 2.54. The molecular weight excluding hydrogens is 186 g/mol. The Morgan fingerprint density at radius 3 is 2.87 bits per heavy atom. The Kier molecular flexibility index (Phi) is 2.51. The van der Waals surface area contributed by atoms with Crippen LogP contribution in [0, 0.1) is 12.8 Å². The summed E-state index contributed by atoms with van der Waals surface area (Å²) in [5.41, 5.74) is 3.59. The number of fused-ring (bicyclic) bond motifs is 1. The molecule has 0 fully saturated rings. The van der Waals surface area contributed by atoms with E-state index < -0.39 is 0 Å². The van der Waals surface area contributed by atoms with E-state index >= 15 is 0 Å². The summed E-state index contributed by atoms with van der Waals surface area (Å²) in [5, 5.41) is 0. The number of hydrogen-bond donors (Lipinski definition) is 0. The summed E-state index contributed by atoms with van der Waals surface area (Å²) in [7, 11) is 1.88. The van der Waals surface area contributed by atoms with Crippen LogP contribution in [0.2, 0.25) is 0 Å². The second-order valence-corrected chi connectivity index (χ2v) is 4.47. The summed E-state index contributed by atoms with van der Waals surface area (Å²) in [6.45, 7) is 4.07. The van der Waals surface area contributed by atoms with Crippen molar-refractivity contribution in [3.8, 4) is 0 Å². The van der Waals surface area contributed by atoms with Gasteiger partial charge in [0, 0.05) is 18.7 Å². The molecule has 0 radical (unpaired) electrons. The lowest BCUT2D eigenvalue weighted by Crippen LogP contribution is -2.30. The molecule has 1 atom stereocenters. The van der Waals surface area contributed by atoms with Crippen molar-refractivity contribution >= 4 is 11.6 Å². The molecule has 0 saturated heterocycles. The van der Waals surface area contributed by atoms with E-state index in [9.17, 15) is 4.79 Å². The largest absolute Gasteiger partial charge is 0.315 e. The van der Waals surface area contributed by atoms with E-state index in [4.69, 9.17) is 0 Å². The van der Waals surface area contributed by atoms with E-state index in [1.165, 1.54) is 11.1 Å². The first-order valence-corrected chi connectivity index (χ1v) is 5.46. The number of hydrogen-bond acceptors (Lipinski definition) is 1. The zero-order valence-electron chi connectivity index (χ0n) is 9.58. The van der Waals surface area contributed by atoms with Crippen LogP contribution in [0.3, 0.4) is 0 Å². The molecule has 2 rings (SSSR count). The third kappa shape index (κ3) is 1.76. The van der Waals surface area contributed by atoms with Gasteiger partial charge in [-0.25, -0.2) is 0 Å². The fourth-order valence-corrected chi connectivity index (χ4v) is 2.14. The van der Waals surface area contributed by atoms with Crippen molar-refractivity contribution in [3.63, 3.8) is 0 Å². The first-order valence-electron chi connectivity index (χ1n) is 5.46. The highest BCUT2D eigenvalue weighted by Crippen LogP contribution is 2.28.